The number of methoxy groups -OCH3 is 2. The molecule has 1 aromatic heterocycles. The maximum Gasteiger partial charge on any atom is 0.265 e. The number of benzene rings is 2. The molecule has 0 bridgehead atoms. The number of ether oxygens (including phenoxy) is 2. The Balaban J connectivity index is 1.66. The Morgan fingerprint density at radius 1 is 1.00 bits per heavy atom. The average molecular weight is 488 g/mol. The molecule has 2 aromatic carbocycles. The normalized spacial score (nSPS) is 14.6. The minimum atomic E-state index is -3.93. The van der Waals surface area contributed by atoms with Crippen molar-refractivity contribution in [3.8, 4) is 21.9 Å². The predicted molar refractivity (Wildman–Crippen MR) is 133 cm³/mol. The summed E-state index contributed by atoms with van der Waals surface area (Å²) in [4.78, 5) is 5.69. The highest BCUT2D eigenvalue weighted by molar-refractivity contribution is 7.92. The van der Waals surface area contributed by atoms with E-state index >= 15 is 0 Å². The van der Waals surface area contributed by atoms with Gasteiger partial charge in [-0.25, -0.2) is 13.4 Å². The van der Waals surface area contributed by atoms with E-state index in [1.807, 2.05) is 13.0 Å². The molecule has 2 N–H and O–H groups in total. The third kappa shape index (κ3) is 5.25. The number of nitrogens with zero attached hydrogens (tertiary/aromatic N) is 1. The molecule has 0 amide bonds. The second kappa shape index (κ2) is 10.0. The van der Waals surface area contributed by atoms with Gasteiger partial charge in [0, 0.05) is 6.04 Å². The largest absolute Gasteiger partial charge is 0.495 e. The summed E-state index contributed by atoms with van der Waals surface area (Å²) in [7, 11) is -0.975. The molecule has 1 heterocycles. The summed E-state index contributed by atoms with van der Waals surface area (Å²) in [5, 5.41) is 4.44. The molecule has 0 atom stereocenters. The van der Waals surface area contributed by atoms with Crippen LogP contribution in [-0.4, -0.2) is 33.7 Å². The van der Waals surface area contributed by atoms with Gasteiger partial charge in [-0.15, -0.1) is 0 Å². The number of anilines is 2. The highest BCUT2D eigenvalue weighted by Gasteiger charge is 2.23. The first kappa shape index (κ1) is 23.4. The van der Waals surface area contributed by atoms with Gasteiger partial charge in [0.1, 0.15) is 16.4 Å². The molecule has 0 aliphatic heterocycles. The van der Waals surface area contributed by atoms with Crippen LogP contribution < -0.4 is 19.5 Å². The van der Waals surface area contributed by atoms with E-state index in [0.29, 0.717) is 17.5 Å². The maximum absolute atomic E-state index is 13.3. The van der Waals surface area contributed by atoms with Crippen molar-refractivity contribution in [1.29, 1.82) is 0 Å². The second-order valence-corrected chi connectivity index (χ2v) is 10.7. The van der Waals surface area contributed by atoms with Gasteiger partial charge in [0.05, 0.1) is 30.5 Å². The summed E-state index contributed by atoms with van der Waals surface area (Å²) in [6.45, 7) is 1.95. The summed E-state index contributed by atoms with van der Waals surface area (Å²) < 4.78 is 39.9. The topological polar surface area (TPSA) is 89.5 Å². The lowest BCUT2D eigenvalue weighted by molar-refractivity contribution is 0.403. The monoisotopic (exact) mass is 487 g/mol. The van der Waals surface area contributed by atoms with E-state index in [9.17, 15) is 8.42 Å². The van der Waals surface area contributed by atoms with Crippen LogP contribution in [0.2, 0.25) is 0 Å². The van der Waals surface area contributed by atoms with Gasteiger partial charge in [-0.05, 0) is 55.7 Å². The number of hydrogen-bond acceptors (Lipinski definition) is 7. The van der Waals surface area contributed by atoms with Crippen molar-refractivity contribution in [2.75, 3.05) is 24.3 Å². The molecule has 0 unspecified atom stereocenters. The van der Waals surface area contributed by atoms with Crippen molar-refractivity contribution in [2.24, 2.45) is 0 Å². The maximum atomic E-state index is 13.3. The number of nitrogens with one attached hydrogen (secondary N) is 2. The van der Waals surface area contributed by atoms with E-state index in [1.54, 1.807) is 47.7 Å². The van der Waals surface area contributed by atoms with Gasteiger partial charge in [-0.2, -0.15) is 0 Å². The zero-order valence-electron chi connectivity index (χ0n) is 19.1. The minimum absolute atomic E-state index is 0.0583. The fraction of sp³-hybridized carbons (Fsp3) is 0.375. The molecule has 1 fully saturated rings. The van der Waals surface area contributed by atoms with Crippen LogP contribution in [0, 0.1) is 6.92 Å². The Kier molecular flexibility index (Phi) is 7.09. The summed E-state index contributed by atoms with van der Waals surface area (Å²) >= 11 is 1.55. The van der Waals surface area contributed by atoms with Crippen LogP contribution in [0.1, 0.15) is 37.8 Å². The van der Waals surface area contributed by atoms with Crippen LogP contribution in [0.3, 0.4) is 0 Å². The molecule has 1 aliphatic carbocycles. The molecule has 176 valence electrons. The SMILES string of the molecule is COc1ccccc1NS(=O)(=O)c1cc(-c2sc(NC3CCCCC3)nc2C)ccc1OC. The molecule has 3 aromatic rings. The van der Waals surface area contributed by atoms with Crippen molar-refractivity contribution in [3.05, 3.63) is 48.2 Å². The number of rotatable bonds is 8. The number of para-hydroxylation sites is 2. The van der Waals surface area contributed by atoms with Crippen molar-refractivity contribution < 1.29 is 17.9 Å². The highest BCUT2D eigenvalue weighted by atomic mass is 32.2. The van der Waals surface area contributed by atoms with Gasteiger partial charge in [0.25, 0.3) is 10.0 Å². The third-order valence-electron chi connectivity index (χ3n) is 5.80. The van der Waals surface area contributed by atoms with E-state index in [4.69, 9.17) is 14.5 Å². The molecule has 1 aliphatic rings. The molecule has 0 radical (unpaired) electrons. The quantitative estimate of drug-likeness (QED) is 0.425. The molecular weight excluding hydrogens is 458 g/mol. The lowest BCUT2D eigenvalue weighted by Gasteiger charge is -2.22. The standard InChI is InChI=1S/C24H29N3O4S2/c1-16-23(32-24(25-16)26-18-9-5-4-6-10-18)17-13-14-21(31-3)22(15-17)33(28,29)27-19-11-7-8-12-20(19)30-2/h7-8,11-15,18,27H,4-6,9-10H2,1-3H3,(H,25,26). The lowest BCUT2D eigenvalue weighted by atomic mass is 9.96. The molecule has 9 heteroatoms. The van der Waals surface area contributed by atoms with Crippen LogP contribution in [0.25, 0.3) is 10.4 Å². The predicted octanol–water partition coefficient (Wildman–Crippen LogP) is 5.68. The van der Waals surface area contributed by atoms with Crippen LogP contribution in [0.5, 0.6) is 11.5 Å². The molecule has 33 heavy (non-hydrogen) atoms. The van der Waals surface area contributed by atoms with Gasteiger partial charge < -0.3 is 14.8 Å². The fourth-order valence-corrected chi connectivity index (χ4v) is 6.41. The molecule has 7 nitrogen and oxygen atoms in total. The summed E-state index contributed by atoms with van der Waals surface area (Å²) in [5.74, 6) is 0.705. The summed E-state index contributed by atoms with van der Waals surface area (Å²) in [6, 6.07) is 12.5. The van der Waals surface area contributed by atoms with Gasteiger partial charge in [0.15, 0.2) is 5.13 Å². The van der Waals surface area contributed by atoms with Gasteiger partial charge in [-0.3, -0.25) is 4.72 Å². The second-order valence-electron chi connectivity index (χ2n) is 8.08. The third-order valence-corrected chi connectivity index (χ3v) is 8.32. The van der Waals surface area contributed by atoms with Crippen molar-refractivity contribution in [2.45, 2.75) is 50.0 Å². The number of aromatic nitrogens is 1. The van der Waals surface area contributed by atoms with Crippen molar-refractivity contribution in [1.82, 2.24) is 4.98 Å². The molecule has 0 spiro atoms. The minimum Gasteiger partial charge on any atom is -0.495 e. The fourth-order valence-electron chi connectivity index (χ4n) is 4.10. The number of aryl methyl sites for hydroxylation is 1. The first-order valence-electron chi connectivity index (χ1n) is 11.0. The first-order valence-corrected chi connectivity index (χ1v) is 13.3. The number of hydrogen-bond donors (Lipinski definition) is 2. The van der Waals surface area contributed by atoms with Crippen LogP contribution >= 0.6 is 11.3 Å². The smallest absolute Gasteiger partial charge is 0.265 e. The van der Waals surface area contributed by atoms with Crippen LogP contribution in [-0.2, 0) is 10.0 Å². The van der Waals surface area contributed by atoms with Crippen molar-refractivity contribution >= 4 is 32.2 Å². The van der Waals surface area contributed by atoms with Gasteiger partial charge >= 0.3 is 0 Å². The Morgan fingerprint density at radius 3 is 2.45 bits per heavy atom. The van der Waals surface area contributed by atoms with Gasteiger partial charge in [-0.1, -0.05) is 42.7 Å². The molecule has 0 saturated heterocycles. The average Bonchev–Trinajstić information content (AvgIpc) is 3.19. The first-order chi connectivity index (χ1) is 15.9. The van der Waals surface area contributed by atoms with Crippen LogP contribution in [0.4, 0.5) is 10.8 Å². The van der Waals surface area contributed by atoms with Crippen molar-refractivity contribution in [3.63, 3.8) is 0 Å². The Morgan fingerprint density at radius 2 is 1.73 bits per heavy atom. The molecule has 1 saturated carbocycles. The van der Waals surface area contributed by atoms with Gasteiger partial charge in [0.2, 0.25) is 0 Å². The van der Waals surface area contributed by atoms with E-state index in [0.717, 1.165) is 34.1 Å². The number of sulfonamides is 1. The highest BCUT2D eigenvalue weighted by Crippen LogP contribution is 2.38. The molecular formula is C24H29N3O4S2. The lowest BCUT2D eigenvalue weighted by Crippen LogP contribution is -2.21. The summed E-state index contributed by atoms with van der Waals surface area (Å²) in [5.41, 5.74) is 2.01. The zero-order valence-corrected chi connectivity index (χ0v) is 20.7. The Hall–Kier alpha value is -2.78. The molecule has 4 rings (SSSR count). The summed E-state index contributed by atoms with van der Waals surface area (Å²) in [6.07, 6.45) is 6.11. The van der Waals surface area contributed by atoms with E-state index in [2.05, 4.69) is 10.0 Å². The van der Waals surface area contributed by atoms with E-state index in [1.165, 1.54) is 33.5 Å². The van der Waals surface area contributed by atoms with E-state index < -0.39 is 10.0 Å². The van der Waals surface area contributed by atoms with E-state index in [-0.39, 0.29) is 10.6 Å². The zero-order chi connectivity index (χ0) is 23.4. The van der Waals surface area contributed by atoms with Crippen LogP contribution in [0.15, 0.2) is 47.4 Å². The Bertz CT molecular complexity index is 1220. The number of thiazole rings is 1. The Labute approximate surface area is 199 Å².